The number of benzene rings is 1. The van der Waals surface area contributed by atoms with Gasteiger partial charge < -0.3 is 10.5 Å². The lowest BCUT2D eigenvalue weighted by Crippen LogP contribution is -2.11. The Morgan fingerprint density at radius 2 is 2.21 bits per heavy atom. The summed E-state index contributed by atoms with van der Waals surface area (Å²) in [5, 5.41) is 0. The third kappa shape index (κ3) is 2.90. The molecule has 0 atom stereocenters. The van der Waals surface area contributed by atoms with Crippen LogP contribution in [0, 0.1) is 6.07 Å². The maximum atomic E-state index is 10.7. The topological polar surface area (TPSA) is 69.4 Å². The Morgan fingerprint density at radius 1 is 1.50 bits per heavy atom. The zero-order valence-corrected chi connectivity index (χ0v) is 7.74. The van der Waals surface area contributed by atoms with Crippen molar-refractivity contribution >= 4 is 11.7 Å². The van der Waals surface area contributed by atoms with Gasteiger partial charge in [-0.3, -0.25) is 9.59 Å². The Morgan fingerprint density at radius 3 is 2.64 bits per heavy atom. The van der Waals surface area contributed by atoms with Crippen LogP contribution in [0.3, 0.4) is 0 Å². The minimum atomic E-state index is -0.539. The van der Waals surface area contributed by atoms with Gasteiger partial charge in [-0.1, -0.05) is 0 Å². The van der Waals surface area contributed by atoms with Crippen molar-refractivity contribution in [1.82, 2.24) is 0 Å². The molecule has 0 heterocycles. The number of rotatable bonds is 4. The molecule has 0 aliphatic carbocycles. The molecule has 0 bridgehead atoms. The van der Waals surface area contributed by atoms with Crippen molar-refractivity contribution in [2.24, 2.45) is 5.73 Å². The van der Waals surface area contributed by atoms with Gasteiger partial charge in [-0.15, -0.1) is 0 Å². The van der Waals surface area contributed by atoms with E-state index < -0.39 is 5.91 Å². The number of ketones is 1. The first kappa shape index (κ1) is 10.2. The molecule has 1 aromatic carbocycles. The predicted molar refractivity (Wildman–Crippen MR) is 50.0 cm³/mol. The number of hydrogen-bond acceptors (Lipinski definition) is 3. The van der Waals surface area contributed by atoms with Crippen LogP contribution in [0.4, 0.5) is 0 Å². The Bertz CT molecular complexity index is 343. The summed E-state index contributed by atoms with van der Waals surface area (Å²) in [7, 11) is 0. The number of amides is 1. The summed E-state index contributed by atoms with van der Waals surface area (Å²) < 4.78 is 5.07. The average molecular weight is 192 g/mol. The molecule has 14 heavy (non-hydrogen) atoms. The first-order valence-electron chi connectivity index (χ1n) is 4.03. The van der Waals surface area contributed by atoms with Gasteiger partial charge in [0.05, 0.1) is 0 Å². The molecule has 0 aromatic heterocycles. The number of primary amides is 1. The number of Topliss-reactive ketones (excluding diaryl/α,β-unsaturated/α-hetero) is 1. The first-order chi connectivity index (χ1) is 6.59. The predicted octanol–water partition coefficient (Wildman–Crippen LogP) is 0.553. The highest BCUT2D eigenvalue weighted by molar-refractivity contribution is 5.92. The van der Waals surface area contributed by atoms with Crippen LogP contribution in [0.15, 0.2) is 18.2 Å². The number of carbonyl (C=O) groups is 2. The summed E-state index contributed by atoms with van der Waals surface area (Å²) in [4.78, 5) is 21.3. The molecule has 0 aliphatic rings. The minimum absolute atomic E-state index is 0.0176. The van der Waals surface area contributed by atoms with Gasteiger partial charge in [0.2, 0.25) is 5.91 Å². The fourth-order valence-corrected chi connectivity index (χ4v) is 0.839. The van der Waals surface area contributed by atoms with Crippen molar-refractivity contribution < 1.29 is 14.3 Å². The Kier molecular flexibility index (Phi) is 3.23. The molecule has 4 heteroatoms. The second-order valence-corrected chi connectivity index (χ2v) is 2.79. The molecule has 1 amide bonds. The Balaban J connectivity index is 2.64. The van der Waals surface area contributed by atoms with Crippen molar-refractivity contribution in [3.63, 3.8) is 0 Å². The SMILES string of the molecule is CC(=O)COc1c[c]c(C(N)=O)cc1. The quantitative estimate of drug-likeness (QED) is 0.757. The van der Waals surface area contributed by atoms with E-state index in [9.17, 15) is 9.59 Å². The van der Waals surface area contributed by atoms with Crippen LogP contribution in [0.25, 0.3) is 0 Å². The highest BCUT2D eigenvalue weighted by Gasteiger charge is 2.01. The normalized spacial score (nSPS) is 9.50. The summed E-state index contributed by atoms with van der Waals surface area (Å²) in [6.07, 6.45) is 0. The lowest BCUT2D eigenvalue weighted by Gasteiger charge is -2.03. The summed E-state index contributed by atoms with van der Waals surface area (Å²) in [6, 6.07) is 7.19. The number of hydrogen-bond donors (Lipinski definition) is 1. The van der Waals surface area contributed by atoms with E-state index >= 15 is 0 Å². The van der Waals surface area contributed by atoms with Gasteiger partial charge in [0.15, 0.2) is 5.78 Å². The smallest absolute Gasteiger partial charge is 0.249 e. The number of carbonyl (C=O) groups excluding carboxylic acids is 2. The third-order valence-electron chi connectivity index (χ3n) is 1.49. The monoisotopic (exact) mass is 192 g/mol. The minimum Gasteiger partial charge on any atom is -0.486 e. The van der Waals surface area contributed by atoms with Crippen molar-refractivity contribution in [2.45, 2.75) is 6.92 Å². The van der Waals surface area contributed by atoms with Crippen LogP contribution in [0.5, 0.6) is 5.75 Å². The van der Waals surface area contributed by atoms with E-state index in [1.54, 1.807) is 6.07 Å². The first-order valence-corrected chi connectivity index (χ1v) is 4.03. The van der Waals surface area contributed by atoms with Crippen LogP contribution in [-0.4, -0.2) is 18.3 Å². The standard InChI is InChI=1S/C10H10NO3/c1-7(12)6-14-9-4-2-8(3-5-9)10(11)13/h2,4-5H,6H2,1H3,(H2,11,13). The number of nitrogens with two attached hydrogens (primary N) is 1. The molecule has 1 aromatic rings. The van der Waals surface area contributed by atoms with Gasteiger partial charge in [0, 0.05) is 5.56 Å². The van der Waals surface area contributed by atoms with Crippen LogP contribution < -0.4 is 10.5 Å². The molecule has 0 unspecified atom stereocenters. The molecule has 2 N–H and O–H groups in total. The van der Waals surface area contributed by atoms with Crippen molar-refractivity contribution in [1.29, 1.82) is 0 Å². The van der Waals surface area contributed by atoms with E-state index in [4.69, 9.17) is 10.5 Å². The van der Waals surface area contributed by atoms with Crippen molar-refractivity contribution in [2.75, 3.05) is 6.61 Å². The van der Waals surface area contributed by atoms with E-state index in [2.05, 4.69) is 6.07 Å². The Labute approximate surface area is 81.7 Å². The molecule has 0 saturated heterocycles. The maximum Gasteiger partial charge on any atom is 0.249 e. The van der Waals surface area contributed by atoms with Crippen molar-refractivity contribution in [3.8, 4) is 5.75 Å². The highest BCUT2D eigenvalue weighted by atomic mass is 16.5. The summed E-state index contributed by atoms with van der Waals surface area (Å²) in [5.41, 5.74) is 5.31. The zero-order valence-electron chi connectivity index (χ0n) is 7.74. The third-order valence-corrected chi connectivity index (χ3v) is 1.49. The molecule has 4 nitrogen and oxygen atoms in total. The average Bonchev–Trinajstić information content (AvgIpc) is 2.15. The van der Waals surface area contributed by atoms with Crippen LogP contribution in [0.1, 0.15) is 17.3 Å². The fraction of sp³-hybridized carbons (Fsp3) is 0.200. The Hall–Kier alpha value is -1.84. The van der Waals surface area contributed by atoms with Gasteiger partial charge in [-0.05, 0) is 31.2 Å². The van der Waals surface area contributed by atoms with E-state index in [0.29, 0.717) is 11.3 Å². The second kappa shape index (κ2) is 4.41. The second-order valence-electron chi connectivity index (χ2n) is 2.79. The van der Waals surface area contributed by atoms with Gasteiger partial charge in [-0.2, -0.15) is 0 Å². The van der Waals surface area contributed by atoms with E-state index in [1.165, 1.54) is 19.1 Å². The molecular formula is C10H10NO3. The van der Waals surface area contributed by atoms with Gasteiger partial charge >= 0.3 is 0 Å². The molecule has 0 saturated carbocycles. The van der Waals surface area contributed by atoms with Crippen LogP contribution in [0.2, 0.25) is 0 Å². The van der Waals surface area contributed by atoms with Crippen molar-refractivity contribution in [3.05, 3.63) is 29.8 Å². The molecule has 73 valence electrons. The molecule has 1 radical (unpaired) electrons. The van der Waals surface area contributed by atoms with Gasteiger partial charge in [-0.25, -0.2) is 0 Å². The summed E-state index contributed by atoms with van der Waals surface area (Å²) >= 11 is 0. The lowest BCUT2D eigenvalue weighted by molar-refractivity contribution is -0.118. The molecule has 1 rings (SSSR count). The van der Waals surface area contributed by atoms with Gasteiger partial charge in [0.1, 0.15) is 12.4 Å². The van der Waals surface area contributed by atoms with Crippen LogP contribution >= 0.6 is 0 Å². The lowest BCUT2D eigenvalue weighted by atomic mass is 10.2. The molecular weight excluding hydrogens is 182 g/mol. The van der Waals surface area contributed by atoms with Gasteiger partial charge in [0.25, 0.3) is 0 Å². The zero-order chi connectivity index (χ0) is 10.6. The van der Waals surface area contributed by atoms with E-state index in [-0.39, 0.29) is 12.4 Å². The van der Waals surface area contributed by atoms with E-state index in [0.717, 1.165) is 0 Å². The molecule has 0 aliphatic heterocycles. The maximum absolute atomic E-state index is 10.7. The van der Waals surface area contributed by atoms with E-state index in [1.807, 2.05) is 0 Å². The molecule has 0 spiro atoms. The van der Waals surface area contributed by atoms with Crippen LogP contribution in [-0.2, 0) is 4.79 Å². The fourth-order valence-electron chi connectivity index (χ4n) is 0.839. The highest BCUT2D eigenvalue weighted by Crippen LogP contribution is 2.10. The number of ether oxygens (including phenoxy) is 1. The molecule has 0 fully saturated rings. The summed E-state index contributed by atoms with van der Waals surface area (Å²) in [6.45, 7) is 1.45. The summed E-state index contributed by atoms with van der Waals surface area (Å²) in [5.74, 6) is -0.114. The largest absolute Gasteiger partial charge is 0.486 e.